The van der Waals surface area contributed by atoms with Crippen LogP contribution in [0.1, 0.15) is 0 Å². The molecule has 0 aliphatic carbocycles. The highest BCUT2D eigenvalue weighted by Crippen LogP contribution is 2.21. The topological polar surface area (TPSA) is 53.8 Å². The zero-order chi connectivity index (χ0) is 12.8. The van der Waals surface area contributed by atoms with Gasteiger partial charge in [0.15, 0.2) is 0 Å². The van der Waals surface area contributed by atoms with Gasteiger partial charge in [0, 0.05) is 4.47 Å². The lowest BCUT2D eigenvalue weighted by Crippen LogP contribution is -2.05. The molecule has 0 spiro atoms. The summed E-state index contributed by atoms with van der Waals surface area (Å²) in [6.07, 6.45) is 0. The molecule has 1 N–H and O–H groups in total. The van der Waals surface area contributed by atoms with Gasteiger partial charge in [0.05, 0.1) is 11.4 Å². The fourth-order valence-electron chi connectivity index (χ4n) is 1.30. The number of halogens is 1. The van der Waals surface area contributed by atoms with Gasteiger partial charge in [-0.2, -0.15) is 0 Å². The molecule has 0 heterocycles. The van der Waals surface area contributed by atoms with Gasteiger partial charge >= 0.3 is 6.03 Å². The predicted molar refractivity (Wildman–Crippen MR) is 74.1 cm³/mol. The van der Waals surface area contributed by atoms with Crippen LogP contribution in [0.5, 0.6) is 0 Å². The van der Waals surface area contributed by atoms with Crippen LogP contribution >= 0.6 is 15.9 Å². The van der Waals surface area contributed by atoms with E-state index in [-0.39, 0.29) is 0 Å². The minimum absolute atomic E-state index is 0.509. The van der Waals surface area contributed by atoms with Crippen LogP contribution in [-0.4, -0.2) is 6.03 Å². The standard InChI is InChI=1S/C13H10BrN3O/c14-11-8-4-5-9-12(11)15-13(18)17-16-10-6-2-1-3-7-10/h1-9H,(H,15,18). The summed E-state index contributed by atoms with van der Waals surface area (Å²) >= 11 is 3.33. The maximum absolute atomic E-state index is 11.5. The zero-order valence-electron chi connectivity index (χ0n) is 9.38. The van der Waals surface area contributed by atoms with Gasteiger partial charge in [-0.05, 0) is 40.2 Å². The van der Waals surface area contributed by atoms with Gasteiger partial charge in [0.1, 0.15) is 0 Å². The smallest absolute Gasteiger partial charge is 0.304 e. The van der Waals surface area contributed by atoms with Crippen LogP contribution in [-0.2, 0) is 0 Å². The highest BCUT2D eigenvalue weighted by Gasteiger charge is 2.02. The summed E-state index contributed by atoms with van der Waals surface area (Å²) in [5.74, 6) is 0. The van der Waals surface area contributed by atoms with Crippen molar-refractivity contribution in [2.45, 2.75) is 0 Å². The van der Waals surface area contributed by atoms with E-state index in [0.717, 1.165) is 4.47 Å². The summed E-state index contributed by atoms with van der Waals surface area (Å²) in [4.78, 5) is 11.5. The Labute approximate surface area is 113 Å². The molecule has 2 aromatic rings. The van der Waals surface area contributed by atoms with Crippen LogP contribution in [0.15, 0.2) is 69.3 Å². The predicted octanol–water partition coefficient (Wildman–Crippen LogP) is 4.76. The molecule has 90 valence electrons. The number of benzene rings is 2. The van der Waals surface area contributed by atoms with E-state index in [1.54, 1.807) is 18.2 Å². The fourth-order valence-corrected chi connectivity index (χ4v) is 1.68. The molecule has 5 heteroatoms. The van der Waals surface area contributed by atoms with Gasteiger partial charge in [0.25, 0.3) is 0 Å². The van der Waals surface area contributed by atoms with E-state index < -0.39 is 6.03 Å². The van der Waals surface area contributed by atoms with E-state index in [1.807, 2.05) is 36.4 Å². The summed E-state index contributed by atoms with van der Waals surface area (Å²) in [7, 11) is 0. The Bertz CT molecular complexity index is 569. The molecule has 0 saturated carbocycles. The van der Waals surface area contributed by atoms with Gasteiger partial charge in [-0.3, -0.25) is 0 Å². The highest BCUT2D eigenvalue weighted by molar-refractivity contribution is 9.10. The summed E-state index contributed by atoms with van der Waals surface area (Å²) in [5.41, 5.74) is 1.30. The molecule has 0 radical (unpaired) electrons. The number of azo groups is 1. The first kappa shape index (κ1) is 12.4. The van der Waals surface area contributed by atoms with Crippen LogP contribution < -0.4 is 5.32 Å². The Balaban J connectivity index is 2.02. The lowest BCUT2D eigenvalue weighted by Gasteiger charge is -2.02. The molecular formula is C13H10BrN3O. The zero-order valence-corrected chi connectivity index (χ0v) is 11.0. The average molecular weight is 304 g/mol. The number of amides is 2. The van der Waals surface area contributed by atoms with Crippen molar-refractivity contribution in [3.8, 4) is 0 Å². The molecule has 2 aromatic carbocycles. The number of para-hydroxylation sites is 1. The van der Waals surface area contributed by atoms with Crippen LogP contribution in [0, 0.1) is 0 Å². The van der Waals surface area contributed by atoms with Crippen molar-refractivity contribution in [3.05, 3.63) is 59.1 Å². The number of nitrogens with one attached hydrogen (secondary N) is 1. The molecule has 0 fully saturated rings. The lowest BCUT2D eigenvalue weighted by atomic mass is 10.3. The number of nitrogens with zero attached hydrogens (tertiary/aromatic N) is 2. The number of hydrogen-bond donors (Lipinski definition) is 1. The molecule has 0 unspecified atom stereocenters. The number of anilines is 1. The van der Waals surface area contributed by atoms with Crippen molar-refractivity contribution in [2.24, 2.45) is 10.2 Å². The van der Waals surface area contributed by atoms with Gasteiger partial charge in [-0.15, -0.1) is 5.11 Å². The SMILES string of the molecule is O=C(N=Nc1ccccc1)Nc1ccccc1Br. The third-order valence-corrected chi connectivity index (χ3v) is 2.82. The van der Waals surface area contributed by atoms with Crippen LogP contribution in [0.4, 0.5) is 16.2 Å². The monoisotopic (exact) mass is 303 g/mol. The first-order chi connectivity index (χ1) is 8.75. The Morgan fingerprint density at radius 3 is 2.39 bits per heavy atom. The molecule has 0 aliphatic heterocycles. The summed E-state index contributed by atoms with van der Waals surface area (Å²) < 4.78 is 0.799. The van der Waals surface area contributed by atoms with Gasteiger partial charge in [0.2, 0.25) is 0 Å². The molecule has 4 nitrogen and oxygen atoms in total. The van der Waals surface area contributed by atoms with E-state index >= 15 is 0 Å². The number of carbonyl (C=O) groups excluding carboxylic acids is 1. The maximum atomic E-state index is 11.5. The summed E-state index contributed by atoms with van der Waals surface area (Å²) in [6, 6.07) is 15.9. The second kappa shape index (κ2) is 6.07. The molecule has 18 heavy (non-hydrogen) atoms. The molecule has 2 amide bonds. The van der Waals surface area contributed by atoms with Crippen molar-refractivity contribution in [2.75, 3.05) is 5.32 Å². The van der Waals surface area contributed by atoms with Crippen molar-refractivity contribution in [1.29, 1.82) is 0 Å². The van der Waals surface area contributed by atoms with Crippen molar-refractivity contribution < 1.29 is 4.79 Å². The molecule has 0 bridgehead atoms. The normalized spacial score (nSPS) is 10.5. The lowest BCUT2D eigenvalue weighted by molar-refractivity contribution is 0.258. The number of urea groups is 1. The van der Waals surface area contributed by atoms with E-state index in [1.165, 1.54) is 0 Å². The molecule has 0 atom stereocenters. The van der Waals surface area contributed by atoms with E-state index in [2.05, 4.69) is 31.5 Å². The first-order valence-corrected chi connectivity index (χ1v) is 6.07. The van der Waals surface area contributed by atoms with Crippen molar-refractivity contribution in [1.82, 2.24) is 0 Å². The minimum atomic E-state index is -0.509. The third-order valence-electron chi connectivity index (χ3n) is 2.13. The largest absolute Gasteiger partial charge is 0.364 e. The average Bonchev–Trinajstić information content (AvgIpc) is 2.40. The molecule has 2 rings (SSSR count). The second-order valence-corrected chi connectivity index (χ2v) is 4.30. The third kappa shape index (κ3) is 3.49. The number of carbonyl (C=O) groups is 1. The van der Waals surface area contributed by atoms with Crippen molar-refractivity contribution >= 4 is 33.3 Å². The quantitative estimate of drug-likeness (QED) is 0.799. The molecule has 0 aliphatic rings. The van der Waals surface area contributed by atoms with Crippen LogP contribution in [0.2, 0.25) is 0 Å². The first-order valence-electron chi connectivity index (χ1n) is 5.28. The second-order valence-electron chi connectivity index (χ2n) is 3.45. The Morgan fingerprint density at radius 1 is 1.00 bits per heavy atom. The van der Waals surface area contributed by atoms with Gasteiger partial charge in [-0.1, -0.05) is 35.4 Å². The Kier molecular flexibility index (Phi) is 4.20. The van der Waals surface area contributed by atoms with Crippen molar-refractivity contribution in [3.63, 3.8) is 0 Å². The van der Waals surface area contributed by atoms with Gasteiger partial charge < -0.3 is 5.32 Å². The molecular weight excluding hydrogens is 294 g/mol. The number of hydrogen-bond acceptors (Lipinski definition) is 2. The van der Waals surface area contributed by atoms with Crippen LogP contribution in [0.3, 0.4) is 0 Å². The maximum Gasteiger partial charge on any atom is 0.364 e. The van der Waals surface area contributed by atoms with E-state index in [4.69, 9.17) is 0 Å². The summed E-state index contributed by atoms with van der Waals surface area (Å²) in [6.45, 7) is 0. The highest BCUT2D eigenvalue weighted by atomic mass is 79.9. The number of rotatable bonds is 2. The minimum Gasteiger partial charge on any atom is -0.304 e. The van der Waals surface area contributed by atoms with E-state index in [9.17, 15) is 4.79 Å². The molecule has 0 saturated heterocycles. The van der Waals surface area contributed by atoms with Gasteiger partial charge in [-0.25, -0.2) is 4.79 Å². The fraction of sp³-hybridized carbons (Fsp3) is 0. The summed E-state index contributed by atoms with van der Waals surface area (Å²) in [5, 5.41) is 10.0. The van der Waals surface area contributed by atoms with E-state index in [0.29, 0.717) is 11.4 Å². The Morgan fingerprint density at radius 2 is 1.67 bits per heavy atom. The van der Waals surface area contributed by atoms with Crippen LogP contribution in [0.25, 0.3) is 0 Å². The Hall–Kier alpha value is -2.01. The molecule has 0 aromatic heterocycles.